The van der Waals surface area contributed by atoms with Crippen LogP contribution < -0.4 is 0 Å². The lowest BCUT2D eigenvalue weighted by molar-refractivity contribution is -0.0729. The van der Waals surface area contributed by atoms with Crippen molar-refractivity contribution >= 4 is 22.9 Å². The first-order valence-corrected chi connectivity index (χ1v) is 5.94. The molecule has 0 aromatic carbocycles. The number of nitrogens with zero attached hydrogens (tertiary/aromatic N) is 2. The molecule has 0 unspecified atom stereocenters. The molecule has 0 saturated carbocycles. The van der Waals surface area contributed by atoms with E-state index in [1.54, 1.807) is 0 Å². The summed E-state index contributed by atoms with van der Waals surface area (Å²) >= 11 is 2.40. The Bertz CT molecular complexity index is 165. The molecule has 2 heterocycles. The summed E-state index contributed by atoms with van der Waals surface area (Å²) in [5, 5.41) is 0. The molecule has 2 rings (SSSR count). The molecule has 0 aromatic heterocycles. The maximum Gasteiger partial charge on any atom is 0.0645 e. The van der Waals surface area contributed by atoms with Crippen LogP contribution in [0.25, 0.3) is 0 Å². The van der Waals surface area contributed by atoms with Gasteiger partial charge in [-0.05, 0) is 19.9 Å². The van der Waals surface area contributed by atoms with Crippen LogP contribution in [0.1, 0.15) is 12.8 Å². The Morgan fingerprint density at radius 2 is 1.92 bits per heavy atom. The van der Waals surface area contributed by atoms with Gasteiger partial charge < -0.3 is 4.74 Å². The van der Waals surface area contributed by atoms with E-state index in [9.17, 15) is 0 Å². The lowest BCUT2D eigenvalue weighted by atomic mass is 10.0. The third-order valence-electron chi connectivity index (χ3n) is 3.14. The number of ether oxygens (including phenoxy) is 1. The number of halogens is 1. The van der Waals surface area contributed by atoms with E-state index in [1.165, 1.54) is 25.9 Å². The van der Waals surface area contributed by atoms with Gasteiger partial charge in [0.1, 0.15) is 0 Å². The topological polar surface area (TPSA) is 15.7 Å². The molecule has 2 fully saturated rings. The van der Waals surface area contributed by atoms with Crippen molar-refractivity contribution < 1.29 is 4.74 Å². The van der Waals surface area contributed by atoms with Gasteiger partial charge in [-0.25, -0.2) is 3.11 Å². The summed E-state index contributed by atoms with van der Waals surface area (Å²) in [6, 6.07) is 1.53. The van der Waals surface area contributed by atoms with Gasteiger partial charge in [-0.3, -0.25) is 4.90 Å². The fourth-order valence-electron chi connectivity index (χ4n) is 2.04. The van der Waals surface area contributed by atoms with Crippen LogP contribution in [0.15, 0.2) is 0 Å². The van der Waals surface area contributed by atoms with E-state index in [0.29, 0.717) is 0 Å². The average molecular weight is 296 g/mol. The highest BCUT2D eigenvalue weighted by Gasteiger charge is 2.30. The zero-order chi connectivity index (χ0) is 9.26. The van der Waals surface area contributed by atoms with Crippen LogP contribution in [0.2, 0.25) is 0 Å². The molecular weight excluding hydrogens is 279 g/mol. The van der Waals surface area contributed by atoms with Crippen molar-refractivity contribution in [1.82, 2.24) is 8.01 Å². The van der Waals surface area contributed by atoms with Gasteiger partial charge in [0.15, 0.2) is 0 Å². The molecule has 2 aliphatic rings. The monoisotopic (exact) mass is 296 g/mol. The average Bonchev–Trinajstić information content (AvgIpc) is 2.02. The molecule has 0 aromatic rings. The summed E-state index contributed by atoms with van der Waals surface area (Å²) in [7, 11) is 2.17. The van der Waals surface area contributed by atoms with Gasteiger partial charge in [0.05, 0.1) is 19.3 Å². The van der Waals surface area contributed by atoms with E-state index < -0.39 is 0 Å². The molecule has 2 aliphatic heterocycles. The smallest absolute Gasteiger partial charge is 0.0645 e. The van der Waals surface area contributed by atoms with Gasteiger partial charge in [-0.2, -0.15) is 0 Å². The maximum atomic E-state index is 5.21. The third kappa shape index (κ3) is 2.34. The molecule has 0 bridgehead atoms. The van der Waals surface area contributed by atoms with Crippen molar-refractivity contribution in [2.45, 2.75) is 24.9 Å². The number of piperidine rings is 1. The summed E-state index contributed by atoms with van der Waals surface area (Å²) in [5.74, 6) is 0. The maximum absolute atomic E-state index is 5.21. The summed E-state index contributed by atoms with van der Waals surface area (Å²) in [6.07, 6.45) is 2.63. The van der Waals surface area contributed by atoms with E-state index in [1.807, 2.05) is 0 Å². The minimum atomic E-state index is 0.737. The third-order valence-corrected chi connectivity index (χ3v) is 3.93. The summed E-state index contributed by atoms with van der Waals surface area (Å²) in [5.41, 5.74) is 0. The van der Waals surface area contributed by atoms with Crippen molar-refractivity contribution in [3.63, 3.8) is 0 Å². The quantitative estimate of drug-likeness (QED) is 0.561. The second-order valence-corrected chi connectivity index (χ2v) is 5.51. The van der Waals surface area contributed by atoms with Crippen LogP contribution in [-0.2, 0) is 4.74 Å². The normalized spacial score (nSPS) is 27.9. The van der Waals surface area contributed by atoms with Gasteiger partial charge >= 0.3 is 0 Å². The lowest BCUT2D eigenvalue weighted by Crippen LogP contribution is -2.53. The second kappa shape index (κ2) is 4.42. The number of hydrogen-bond donors (Lipinski definition) is 0. The van der Waals surface area contributed by atoms with Crippen LogP contribution in [0, 0.1) is 0 Å². The highest BCUT2D eigenvalue weighted by atomic mass is 127. The fraction of sp³-hybridized carbons (Fsp3) is 1.00. The Morgan fingerprint density at radius 1 is 1.31 bits per heavy atom. The highest BCUT2D eigenvalue weighted by molar-refractivity contribution is 14.1. The van der Waals surface area contributed by atoms with Crippen LogP contribution in [0.4, 0.5) is 0 Å². The van der Waals surface area contributed by atoms with Crippen molar-refractivity contribution in [3.8, 4) is 0 Å². The Morgan fingerprint density at radius 3 is 2.31 bits per heavy atom. The minimum absolute atomic E-state index is 0.737. The van der Waals surface area contributed by atoms with E-state index in [0.717, 1.165) is 25.3 Å². The van der Waals surface area contributed by atoms with Crippen molar-refractivity contribution in [3.05, 3.63) is 0 Å². The predicted octanol–water partition coefficient (Wildman–Crippen LogP) is 1.13. The number of likely N-dealkylation sites (tertiary alicyclic amines) is 1. The largest absolute Gasteiger partial charge is 0.378 e. The molecule has 3 nitrogen and oxygen atoms in total. The zero-order valence-corrected chi connectivity index (χ0v) is 10.2. The Hall–Kier alpha value is 0.610. The van der Waals surface area contributed by atoms with E-state index in [4.69, 9.17) is 4.74 Å². The first kappa shape index (κ1) is 10.1. The SMILES string of the molecule is CN(I)C1CCN(C2COC2)CC1. The summed E-state index contributed by atoms with van der Waals surface area (Å²) in [6.45, 7) is 4.44. The van der Waals surface area contributed by atoms with Gasteiger partial charge in [0.25, 0.3) is 0 Å². The number of hydrogen-bond acceptors (Lipinski definition) is 3. The van der Waals surface area contributed by atoms with E-state index in [2.05, 4.69) is 37.9 Å². The molecule has 0 N–H and O–H groups in total. The molecule has 0 aliphatic carbocycles. The molecule has 4 heteroatoms. The molecule has 0 radical (unpaired) electrons. The first-order valence-electron chi connectivity index (χ1n) is 4.98. The number of rotatable bonds is 2. The molecule has 2 saturated heterocycles. The van der Waals surface area contributed by atoms with E-state index in [-0.39, 0.29) is 0 Å². The van der Waals surface area contributed by atoms with Gasteiger partial charge in [-0.15, -0.1) is 0 Å². The van der Waals surface area contributed by atoms with E-state index >= 15 is 0 Å². The Labute approximate surface area is 93.9 Å². The first-order chi connectivity index (χ1) is 6.27. The van der Waals surface area contributed by atoms with Crippen LogP contribution >= 0.6 is 22.9 Å². The molecule has 76 valence electrons. The second-order valence-electron chi connectivity index (χ2n) is 3.98. The molecule has 0 atom stereocenters. The van der Waals surface area contributed by atoms with Crippen molar-refractivity contribution in [2.75, 3.05) is 33.4 Å². The minimum Gasteiger partial charge on any atom is -0.378 e. The Kier molecular flexibility index (Phi) is 3.45. The van der Waals surface area contributed by atoms with Crippen molar-refractivity contribution in [2.24, 2.45) is 0 Å². The highest BCUT2D eigenvalue weighted by Crippen LogP contribution is 2.21. The predicted molar refractivity (Wildman–Crippen MR) is 61.0 cm³/mol. The molecular formula is C9H17IN2O. The van der Waals surface area contributed by atoms with Crippen LogP contribution in [0.3, 0.4) is 0 Å². The van der Waals surface area contributed by atoms with Crippen molar-refractivity contribution in [1.29, 1.82) is 0 Å². The standard InChI is InChI=1S/C9H17IN2O/c1-11(10)8-2-4-12(5-3-8)9-6-13-7-9/h8-9H,2-7H2,1H3. The fourth-order valence-corrected chi connectivity index (χ4v) is 2.60. The zero-order valence-electron chi connectivity index (χ0n) is 8.08. The lowest BCUT2D eigenvalue weighted by Gasteiger charge is -2.42. The van der Waals surface area contributed by atoms with Crippen LogP contribution in [-0.4, -0.2) is 53.4 Å². The summed E-state index contributed by atoms with van der Waals surface area (Å²) < 4.78 is 7.53. The Balaban J connectivity index is 1.75. The molecule has 13 heavy (non-hydrogen) atoms. The molecule has 0 amide bonds. The van der Waals surface area contributed by atoms with Gasteiger partial charge in [-0.1, -0.05) is 0 Å². The van der Waals surface area contributed by atoms with Gasteiger partial charge in [0.2, 0.25) is 0 Å². The molecule has 0 spiro atoms. The summed E-state index contributed by atoms with van der Waals surface area (Å²) in [4.78, 5) is 2.58. The van der Waals surface area contributed by atoms with Crippen LogP contribution in [0.5, 0.6) is 0 Å². The van der Waals surface area contributed by atoms with Gasteiger partial charge in [0, 0.05) is 42.0 Å².